The van der Waals surface area contributed by atoms with Crippen LogP contribution in [0.15, 0.2) is 39.4 Å². The largest absolute Gasteiger partial charge is 0.383 e. The van der Waals surface area contributed by atoms with Gasteiger partial charge in [0.1, 0.15) is 5.82 Å². The minimum atomic E-state index is -0.281. The summed E-state index contributed by atoms with van der Waals surface area (Å²) in [5.41, 5.74) is 7.76. The zero-order valence-corrected chi connectivity index (χ0v) is 13.2. The standard InChI is InChI=1S/C13H11Br2N3O/c1-7-4-8(14)2-3-11(7)18-13(19)10-5-9(15)6-17-12(10)16/h2-6H,1H3,(H2,16,17)(H,18,19). The van der Waals surface area contributed by atoms with Crippen molar-refractivity contribution in [3.63, 3.8) is 0 Å². The Kier molecular flexibility index (Phi) is 4.21. The molecule has 1 amide bonds. The van der Waals surface area contributed by atoms with Gasteiger partial charge >= 0.3 is 0 Å². The van der Waals surface area contributed by atoms with Crippen molar-refractivity contribution in [1.82, 2.24) is 4.98 Å². The van der Waals surface area contributed by atoms with E-state index in [2.05, 4.69) is 42.2 Å². The first-order valence-electron chi connectivity index (χ1n) is 5.46. The van der Waals surface area contributed by atoms with Gasteiger partial charge in [0.25, 0.3) is 5.91 Å². The highest BCUT2D eigenvalue weighted by atomic mass is 79.9. The third-order valence-electron chi connectivity index (χ3n) is 2.57. The summed E-state index contributed by atoms with van der Waals surface area (Å²) < 4.78 is 1.67. The lowest BCUT2D eigenvalue weighted by molar-refractivity contribution is 0.102. The Hall–Kier alpha value is -1.40. The number of nitrogens with two attached hydrogens (primary N) is 1. The number of hydrogen-bond donors (Lipinski definition) is 2. The maximum Gasteiger partial charge on any atom is 0.259 e. The molecular formula is C13H11Br2N3O. The van der Waals surface area contributed by atoms with Gasteiger partial charge in [-0.05, 0) is 52.7 Å². The van der Waals surface area contributed by atoms with Crippen LogP contribution in [-0.4, -0.2) is 10.9 Å². The Morgan fingerprint density at radius 3 is 2.68 bits per heavy atom. The SMILES string of the molecule is Cc1cc(Br)ccc1NC(=O)c1cc(Br)cnc1N. The van der Waals surface area contributed by atoms with Crippen LogP contribution in [0.3, 0.4) is 0 Å². The molecule has 4 nitrogen and oxygen atoms in total. The van der Waals surface area contributed by atoms with Crippen LogP contribution in [0.25, 0.3) is 0 Å². The van der Waals surface area contributed by atoms with Crippen LogP contribution in [-0.2, 0) is 0 Å². The first-order chi connectivity index (χ1) is 8.97. The van der Waals surface area contributed by atoms with E-state index in [1.54, 1.807) is 12.3 Å². The maximum absolute atomic E-state index is 12.2. The number of nitrogen functional groups attached to an aromatic ring is 1. The normalized spacial score (nSPS) is 10.3. The third-order valence-corrected chi connectivity index (χ3v) is 3.49. The second-order valence-electron chi connectivity index (χ2n) is 4.00. The number of benzene rings is 1. The summed E-state index contributed by atoms with van der Waals surface area (Å²) in [7, 11) is 0. The molecule has 0 aliphatic carbocycles. The van der Waals surface area contributed by atoms with Gasteiger partial charge in [-0.15, -0.1) is 0 Å². The van der Waals surface area contributed by atoms with Gasteiger partial charge in [-0.3, -0.25) is 4.79 Å². The molecule has 0 aliphatic heterocycles. The van der Waals surface area contributed by atoms with E-state index in [9.17, 15) is 4.79 Å². The van der Waals surface area contributed by atoms with Gasteiger partial charge in [0.05, 0.1) is 5.56 Å². The monoisotopic (exact) mass is 383 g/mol. The fraction of sp³-hybridized carbons (Fsp3) is 0.0769. The number of amides is 1. The number of halogens is 2. The van der Waals surface area contributed by atoms with E-state index in [0.29, 0.717) is 10.0 Å². The second kappa shape index (κ2) is 5.71. The van der Waals surface area contributed by atoms with Crippen LogP contribution in [0.2, 0.25) is 0 Å². The minimum Gasteiger partial charge on any atom is -0.383 e. The molecule has 0 fully saturated rings. The van der Waals surface area contributed by atoms with Crippen molar-refractivity contribution in [3.05, 3.63) is 50.5 Å². The van der Waals surface area contributed by atoms with E-state index in [-0.39, 0.29) is 11.7 Å². The van der Waals surface area contributed by atoms with E-state index in [0.717, 1.165) is 15.7 Å². The molecule has 0 saturated carbocycles. The van der Waals surface area contributed by atoms with Crippen LogP contribution >= 0.6 is 31.9 Å². The summed E-state index contributed by atoms with van der Waals surface area (Å²) in [6.07, 6.45) is 1.55. The van der Waals surface area contributed by atoms with Crippen LogP contribution < -0.4 is 11.1 Å². The van der Waals surface area contributed by atoms with Gasteiger partial charge in [0.2, 0.25) is 0 Å². The molecule has 0 aliphatic rings. The lowest BCUT2D eigenvalue weighted by Gasteiger charge is -2.10. The van der Waals surface area contributed by atoms with E-state index in [1.807, 2.05) is 25.1 Å². The van der Waals surface area contributed by atoms with Gasteiger partial charge in [-0.25, -0.2) is 4.98 Å². The topological polar surface area (TPSA) is 68.0 Å². The second-order valence-corrected chi connectivity index (χ2v) is 5.83. The van der Waals surface area contributed by atoms with Crippen molar-refractivity contribution in [1.29, 1.82) is 0 Å². The van der Waals surface area contributed by atoms with Gasteiger partial charge in [0.15, 0.2) is 0 Å². The van der Waals surface area contributed by atoms with Crippen molar-refractivity contribution < 1.29 is 4.79 Å². The summed E-state index contributed by atoms with van der Waals surface area (Å²) in [5, 5.41) is 2.82. The third kappa shape index (κ3) is 3.33. The van der Waals surface area contributed by atoms with Crippen molar-refractivity contribution in [2.24, 2.45) is 0 Å². The zero-order valence-electron chi connectivity index (χ0n) is 10.1. The highest BCUT2D eigenvalue weighted by Crippen LogP contribution is 2.22. The molecule has 19 heavy (non-hydrogen) atoms. The lowest BCUT2D eigenvalue weighted by Crippen LogP contribution is -2.15. The Morgan fingerprint density at radius 2 is 2.00 bits per heavy atom. The van der Waals surface area contributed by atoms with Crippen LogP contribution in [0, 0.1) is 6.92 Å². The highest BCUT2D eigenvalue weighted by molar-refractivity contribution is 9.10. The molecule has 0 spiro atoms. The number of nitrogens with one attached hydrogen (secondary N) is 1. The Labute approximate surface area is 127 Å². The fourth-order valence-electron chi connectivity index (χ4n) is 1.59. The number of nitrogens with zero attached hydrogens (tertiary/aromatic N) is 1. The summed E-state index contributed by atoms with van der Waals surface area (Å²) in [6.45, 7) is 1.92. The van der Waals surface area contributed by atoms with E-state index < -0.39 is 0 Å². The molecule has 2 rings (SSSR count). The van der Waals surface area contributed by atoms with Gasteiger partial charge < -0.3 is 11.1 Å². The Balaban J connectivity index is 2.28. The molecule has 3 N–H and O–H groups in total. The molecule has 1 aromatic carbocycles. The molecule has 6 heteroatoms. The summed E-state index contributed by atoms with van der Waals surface area (Å²) >= 11 is 6.65. The van der Waals surface area contributed by atoms with Crippen molar-refractivity contribution in [3.8, 4) is 0 Å². The molecule has 1 heterocycles. The molecule has 0 saturated heterocycles. The van der Waals surface area contributed by atoms with Crippen molar-refractivity contribution >= 4 is 49.3 Å². The minimum absolute atomic E-state index is 0.204. The smallest absolute Gasteiger partial charge is 0.259 e. The Bertz CT molecular complexity index is 644. The number of pyridine rings is 1. The fourth-order valence-corrected chi connectivity index (χ4v) is 2.40. The lowest BCUT2D eigenvalue weighted by atomic mass is 10.2. The number of rotatable bonds is 2. The van der Waals surface area contributed by atoms with Crippen LogP contribution in [0.5, 0.6) is 0 Å². The first kappa shape index (κ1) is 14.0. The number of aryl methyl sites for hydroxylation is 1. The number of hydrogen-bond acceptors (Lipinski definition) is 3. The Morgan fingerprint density at radius 1 is 1.26 bits per heavy atom. The average molecular weight is 385 g/mol. The molecule has 0 atom stereocenters. The molecule has 2 aromatic rings. The average Bonchev–Trinajstić information content (AvgIpc) is 2.35. The molecule has 0 unspecified atom stereocenters. The van der Waals surface area contributed by atoms with E-state index in [1.165, 1.54) is 0 Å². The molecular weight excluding hydrogens is 374 g/mol. The number of anilines is 2. The molecule has 0 radical (unpaired) electrons. The summed E-state index contributed by atoms with van der Waals surface area (Å²) in [6, 6.07) is 7.27. The van der Waals surface area contributed by atoms with E-state index >= 15 is 0 Å². The van der Waals surface area contributed by atoms with Gasteiger partial charge in [-0.1, -0.05) is 15.9 Å². The van der Waals surface area contributed by atoms with Crippen molar-refractivity contribution in [2.45, 2.75) is 6.92 Å². The van der Waals surface area contributed by atoms with Crippen LogP contribution in [0.4, 0.5) is 11.5 Å². The molecule has 98 valence electrons. The number of aromatic nitrogens is 1. The zero-order chi connectivity index (χ0) is 14.0. The van der Waals surface area contributed by atoms with Gasteiger partial charge in [0, 0.05) is 20.8 Å². The summed E-state index contributed by atoms with van der Waals surface area (Å²) in [5.74, 6) is -0.0767. The predicted molar refractivity (Wildman–Crippen MR) is 83.2 cm³/mol. The highest BCUT2D eigenvalue weighted by Gasteiger charge is 2.12. The molecule has 1 aromatic heterocycles. The van der Waals surface area contributed by atoms with Gasteiger partial charge in [-0.2, -0.15) is 0 Å². The quantitative estimate of drug-likeness (QED) is 0.828. The van der Waals surface area contributed by atoms with Crippen LogP contribution in [0.1, 0.15) is 15.9 Å². The van der Waals surface area contributed by atoms with Crippen molar-refractivity contribution in [2.75, 3.05) is 11.1 Å². The summed E-state index contributed by atoms with van der Waals surface area (Å²) in [4.78, 5) is 16.1. The predicted octanol–water partition coefficient (Wildman–Crippen LogP) is 3.75. The maximum atomic E-state index is 12.2. The van der Waals surface area contributed by atoms with E-state index in [4.69, 9.17) is 5.73 Å². The first-order valence-corrected chi connectivity index (χ1v) is 7.04. The number of carbonyl (C=O) groups excluding carboxylic acids is 1. The molecule has 0 bridgehead atoms. The number of carbonyl (C=O) groups is 1.